The maximum Gasteiger partial charge on any atom is 0.408 e. The Balaban J connectivity index is 1.55. The van der Waals surface area contributed by atoms with Gasteiger partial charge in [-0.3, -0.25) is 19.4 Å². The fourth-order valence-corrected chi connectivity index (χ4v) is 3.86. The largest absolute Gasteiger partial charge is 0.445 e. The minimum Gasteiger partial charge on any atom is -0.445 e. The second-order valence-electron chi connectivity index (χ2n) is 9.40. The van der Waals surface area contributed by atoms with E-state index >= 15 is 0 Å². The third-order valence-corrected chi connectivity index (χ3v) is 5.88. The second-order valence-corrected chi connectivity index (χ2v) is 9.40. The molecular formula is C29H34N4O5. The van der Waals surface area contributed by atoms with Crippen LogP contribution in [0.25, 0.3) is 10.9 Å². The normalized spacial score (nSPS) is 12.4. The Bertz CT molecular complexity index is 1260. The lowest BCUT2D eigenvalue weighted by Crippen LogP contribution is -2.54. The number of hydrogen-bond donors (Lipinski definition) is 3. The molecule has 3 N–H and O–H groups in total. The third-order valence-electron chi connectivity index (χ3n) is 5.88. The lowest BCUT2D eigenvalue weighted by atomic mass is 10.0. The Kier molecular flexibility index (Phi) is 10.3. The number of pyridine rings is 1. The van der Waals surface area contributed by atoms with Gasteiger partial charge in [-0.25, -0.2) is 4.79 Å². The fraction of sp³-hybridized carbons (Fsp3) is 0.345. The van der Waals surface area contributed by atoms with E-state index in [1.54, 1.807) is 13.0 Å². The summed E-state index contributed by atoms with van der Waals surface area (Å²) in [7, 11) is 0. The van der Waals surface area contributed by atoms with Crippen molar-refractivity contribution in [2.45, 2.75) is 58.8 Å². The minimum atomic E-state index is -1.04. The van der Waals surface area contributed by atoms with E-state index in [2.05, 4.69) is 20.9 Å². The molecule has 0 spiro atoms. The highest BCUT2D eigenvalue weighted by molar-refractivity contribution is 6.38. The summed E-state index contributed by atoms with van der Waals surface area (Å²) < 4.78 is 5.24. The molecule has 9 nitrogen and oxygen atoms in total. The van der Waals surface area contributed by atoms with Crippen molar-refractivity contribution in [3.8, 4) is 0 Å². The predicted molar refractivity (Wildman–Crippen MR) is 144 cm³/mol. The van der Waals surface area contributed by atoms with Gasteiger partial charge < -0.3 is 20.7 Å². The SMILES string of the molecule is CCC(NC(=O)[C@H](CC(C)C)NC(=O)OCc1ccccc1)C(=O)C(=O)NCc1ccc2ccccc2n1. The van der Waals surface area contributed by atoms with Gasteiger partial charge in [-0.15, -0.1) is 0 Å². The number of alkyl carbamates (subject to hydrolysis) is 1. The first-order valence-electron chi connectivity index (χ1n) is 12.7. The van der Waals surface area contributed by atoms with Gasteiger partial charge in [0.2, 0.25) is 11.7 Å². The summed E-state index contributed by atoms with van der Waals surface area (Å²) in [6.07, 6.45) is -0.204. The van der Waals surface area contributed by atoms with Crippen molar-refractivity contribution in [3.05, 3.63) is 78.0 Å². The molecule has 0 radical (unpaired) electrons. The molecule has 0 saturated carbocycles. The van der Waals surface area contributed by atoms with Crippen LogP contribution in [0.3, 0.4) is 0 Å². The van der Waals surface area contributed by atoms with E-state index in [1.165, 1.54) is 0 Å². The molecule has 3 rings (SSSR count). The van der Waals surface area contributed by atoms with Gasteiger partial charge in [-0.05, 0) is 36.5 Å². The first-order valence-corrected chi connectivity index (χ1v) is 12.7. The van der Waals surface area contributed by atoms with Crippen LogP contribution < -0.4 is 16.0 Å². The van der Waals surface area contributed by atoms with E-state index in [0.29, 0.717) is 12.1 Å². The van der Waals surface area contributed by atoms with E-state index in [4.69, 9.17) is 4.74 Å². The summed E-state index contributed by atoms with van der Waals surface area (Å²) >= 11 is 0. The van der Waals surface area contributed by atoms with Crippen molar-refractivity contribution >= 4 is 34.6 Å². The number of amides is 3. The van der Waals surface area contributed by atoms with Crippen LogP contribution in [0.2, 0.25) is 0 Å². The lowest BCUT2D eigenvalue weighted by molar-refractivity contribution is -0.140. The quantitative estimate of drug-likeness (QED) is 0.314. The van der Waals surface area contributed by atoms with Gasteiger partial charge in [0.25, 0.3) is 5.91 Å². The molecule has 0 aliphatic carbocycles. The van der Waals surface area contributed by atoms with Gasteiger partial charge in [-0.2, -0.15) is 0 Å². The van der Waals surface area contributed by atoms with Crippen LogP contribution in [0.1, 0.15) is 44.9 Å². The van der Waals surface area contributed by atoms with Crippen molar-refractivity contribution in [2.24, 2.45) is 5.92 Å². The fourth-order valence-electron chi connectivity index (χ4n) is 3.86. The van der Waals surface area contributed by atoms with Crippen LogP contribution in [0.4, 0.5) is 4.79 Å². The molecule has 38 heavy (non-hydrogen) atoms. The van der Waals surface area contributed by atoms with Gasteiger partial charge in [0, 0.05) is 5.39 Å². The topological polar surface area (TPSA) is 126 Å². The van der Waals surface area contributed by atoms with Gasteiger partial charge in [0.15, 0.2) is 0 Å². The van der Waals surface area contributed by atoms with Crippen LogP contribution in [-0.2, 0) is 32.3 Å². The maximum absolute atomic E-state index is 13.0. The number of carbonyl (C=O) groups excluding carboxylic acids is 4. The maximum atomic E-state index is 13.0. The summed E-state index contributed by atoms with van der Waals surface area (Å²) in [5, 5.41) is 8.76. The third kappa shape index (κ3) is 8.40. The molecule has 1 unspecified atom stereocenters. The van der Waals surface area contributed by atoms with Gasteiger partial charge in [0.05, 0.1) is 23.8 Å². The average molecular weight is 519 g/mol. The highest BCUT2D eigenvalue weighted by Crippen LogP contribution is 2.12. The first kappa shape index (κ1) is 28.3. The summed E-state index contributed by atoms with van der Waals surface area (Å²) in [5.41, 5.74) is 2.21. The molecule has 0 bridgehead atoms. The van der Waals surface area contributed by atoms with Gasteiger partial charge >= 0.3 is 6.09 Å². The van der Waals surface area contributed by atoms with E-state index in [0.717, 1.165) is 16.5 Å². The number of carbonyl (C=O) groups is 4. The Morgan fingerprint density at radius 3 is 2.29 bits per heavy atom. The first-order chi connectivity index (χ1) is 18.3. The van der Waals surface area contributed by atoms with Crippen LogP contribution >= 0.6 is 0 Å². The molecule has 1 aromatic heterocycles. The Morgan fingerprint density at radius 1 is 0.868 bits per heavy atom. The monoisotopic (exact) mass is 518 g/mol. The van der Waals surface area contributed by atoms with Crippen LogP contribution in [-0.4, -0.2) is 40.8 Å². The number of Topliss-reactive ketones (excluding diaryl/α,β-unsaturated/α-hetero) is 1. The standard InChI is InChI=1S/C29H34N4O5/c1-4-23(26(34)28(36)30-17-22-15-14-21-12-8-9-13-24(21)31-22)32-27(35)25(16-19(2)3)33-29(37)38-18-20-10-6-5-7-11-20/h5-15,19,23,25H,4,16-18H2,1-3H3,(H,30,36)(H,32,35)(H,33,37)/t23?,25-/m0/s1. The highest BCUT2D eigenvalue weighted by Gasteiger charge is 2.29. The number of hydrogen-bond acceptors (Lipinski definition) is 6. The minimum absolute atomic E-state index is 0.0605. The number of rotatable bonds is 12. The van der Waals surface area contributed by atoms with E-state index < -0.39 is 35.8 Å². The average Bonchev–Trinajstić information content (AvgIpc) is 2.92. The van der Waals surface area contributed by atoms with Crippen LogP contribution in [0.5, 0.6) is 0 Å². The van der Waals surface area contributed by atoms with Crippen molar-refractivity contribution in [3.63, 3.8) is 0 Å². The number of para-hydroxylation sites is 1. The lowest BCUT2D eigenvalue weighted by Gasteiger charge is -2.23. The zero-order chi connectivity index (χ0) is 27.5. The molecule has 0 saturated heterocycles. The number of fused-ring (bicyclic) bond motifs is 1. The van der Waals surface area contributed by atoms with E-state index in [-0.39, 0.29) is 25.5 Å². The van der Waals surface area contributed by atoms with Crippen LogP contribution in [0.15, 0.2) is 66.7 Å². The molecule has 3 amide bonds. The van der Waals surface area contributed by atoms with E-state index in [1.807, 2.05) is 74.5 Å². The van der Waals surface area contributed by atoms with Gasteiger partial charge in [-0.1, -0.05) is 75.4 Å². The Morgan fingerprint density at radius 2 is 1.58 bits per heavy atom. The van der Waals surface area contributed by atoms with Crippen molar-refractivity contribution in [2.75, 3.05) is 0 Å². The number of ether oxygens (including phenoxy) is 1. The molecule has 200 valence electrons. The molecule has 9 heteroatoms. The smallest absolute Gasteiger partial charge is 0.408 e. The molecule has 0 aliphatic rings. The number of aromatic nitrogens is 1. The van der Waals surface area contributed by atoms with Crippen molar-refractivity contribution in [1.82, 2.24) is 20.9 Å². The highest BCUT2D eigenvalue weighted by atomic mass is 16.5. The van der Waals surface area contributed by atoms with Crippen molar-refractivity contribution < 1.29 is 23.9 Å². The number of benzene rings is 2. The van der Waals surface area contributed by atoms with Crippen molar-refractivity contribution in [1.29, 1.82) is 0 Å². The number of ketones is 1. The number of nitrogens with one attached hydrogen (secondary N) is 3. The summed E-state index contributed by atoms with van der Waals surface area (Å²) in [4.78, 5) is 55.2. The zero-order valence-corrected chi connectivity index (χ0v) is 21.9. The Labute approximate surface area is 222 Å². The molecule has 0 fully saturated rings. The molecule has 3 aromatic rings. The summed E-state index contributed by atoms with van der Waals surface area (Å²) in [6, 6.07) is 18.5. The van der Waals surface area contributed by atoms with Gasteiger partial charge in [0.1, 0.15) is 12.6 Å². The molecule has 2 aromatic carbocycles. The summed E-state index contributed by atoms with van der Waals surface area (Å²) in [5.74, 6) is -2.06. The number of nitrogens with zero attached hydrogens (tertiary/aromatic N) is 1. The van der Waals surface area contributed by atoms with E-state index in [9.17, 15) is 19.2 Å². The molecule has 0 aliphatic heterocycles. The second kappa shape index (κ2) is 13.9. The van der Waals surface area contributed by atoms with Crippen LogP contribution in [0, 0.1) is 5.92 Å². The molecule has 1 heterocycles. The summed E-state index contributed by atoms with van der Waals surface area (Å²) in [6.45, 7) is 5.65. The molecular weight excluding hydrogens is 484 g/mol. The Hall–Kier alpha value is -4.27. The predicted octanol–water partition coefficient (Wildman–Crippen LogP) is 3.66. The molecule has 2 atom stereocenters. The zero-order valence-electron chi connectivity index (χ0n) is 21.9.